The zero-order chi connectivity index (χ0) is 23.0. The molecule has 0 unspecified atom stereocenters. The Labute approximate surface area is 197 Å². The minimum absolute atomic E-state index is 0.154. The van der Waals surface area contributed by atoms with E-state index in [1.165, 1.54) is 0 Å². The van der Waals surface area contributed by atoms with Gasteiger partial charge in [0.15, 0.2) is 11.5 Å². The second-order valence-electron chi connectivity index (χ2n) is 7.65. The molecule has 1 saturated heterocycles. The van der Waals surface area contributed by atoms with Gasteiger partial charge in [-0.15, -0.1) is 0 Å². The van der Waals surface area contributed by atoms with E-state index in [9.17, 15) is 4.79 Å². The first-order chi connectivity index (χ1) is 15.3. The lowest BCUT2D eigenvalue weighted by Crippen LogP contribution is -2.61. The average Bonchev–Trinajstić information content (AvgIpc) is 2.78. The molecular weight excluding hydrogens is 449 g/mol. The summed E-state index contributed by atoms with van der Waals surface area (Å²) in [4.78, 5) is 15.0. The van der Waals surface area contributed by atoms with Crippen molar-refractivity contribution in [2.75, 3.05) is 19.1 Å². The van der Waals surface area contributed by atoms with Crippen LogP contribution in [0.3, 0.4) is 0 Å². The van der Waals surface area contributed by atoms with Crippen LogP contribution in [-0.4, -0.2) is 26.2 Å². The third kappa shape index (κ3) is 3.98. The Morgan fingerprint density at radius 3 is 2.19 bits per heavy atom. The molecule has 166 valence electrons. The van der Waals surface area contributed by atoms with E-state index in [0.717, 1.165) is 16.7 Å². The van der Waals surface area contributed by atoms with Crippen LogP contribution in [0.25, 0.3) is 0 Å². The van der Waals surface area contributed by atoms with E-state index in [1.54, 1.807) is 37.3 Å². The maximum Gasteiger partial charge on any atom is 0.271 e. The Morgan fingerprint density at radius 1 is 0.812 bits per heavy atom. The number of nitrogens with zero attached hydrogens (tertiary/aromatic N) is 1. The maximum absolute atomic E-state index is 13.3. The third-order valence-corrected chi connectivity index (χ3v) is 6.26. The molecule has 7 heteroatoms. The van der Waals surface area contributed by atoms with Crippen LogP contribution in [0.5, 0.6) is 17.2 Å². The van der Waals surface area contributed by atoms with Crippen LogP contribution < -0.4 is 19.1 Å². The predicted molar refractivity (Wildman–Crippen MR) is 127 cm³/mol. The van der Waals surface area contributed by atoms with Crippen molar-refractivity contribution in [2.45, 2.75) is 26.0 Å². The number of benzene rings is 3. The molecule has 1 heterocycles. The number of hydrogen-bond donors (Lipinski definition) is 0. The van der Waals surface area contributed by atoms with Gasteiger partial charge in [-0.3, -0.25) is 9.69 Å². The Balaban J connectivity index is 1.76. The molecule has 0 radical (unpaired) electrons. The Morgan fingerprint density at radius 2 is 1.53 bits per heavy atom. The summed E-state index contributed by atoms with van der Waals surface area (Å²) in [5.41, 5.74) is 3.36. The normalized spacial score (nSPS) is 17.7. The van der Waals surface area contributed by atoms with Crippen molar-refractivity contribution in [3.63, 3.8) is 0 Å². The first kappa shape index (κ1) is 22.3. The quantitative estimate of drug-likeness (QED) is 0.403. The van der Waals surface area contributed by atoms with Crippen LogP contribution >= 0.6 is 23.2 Å². The highest BCUT2D eigenvalue weighted by Gasteiger charge is 2.51. The van der Waals surface area contributed by atoms with Crippen LogP contribution in [0.2, 0.25) is 10.0 Å². The molecule has 4 rings (SSSR count). The summed E-state index contributed by atoms with van der Waals surface area (Å²) in [6.07, 6.45) is -0.715. The van der Waals surface area contributed by atoms with Gasteiger partial charge in [0, 0.05) is 15.7 Å². The standard InChI is InChI=1S/C25H23Cl2NO4/c1-14-5-8-18(13-19(14)27)28-23(16-6-9-21(30-3)22(12-16)31-4)24(25(28)29)32-20-10-7-17(26)11-15(20)2/h5-13,23-24H,1-4H3/t23-,24+/m1/s1. The molecule has 0 saturated carbocycles. The molecule has 0 bridgehead atoms. The number of methoxy groups -OCH3 is 2. The van der Waals surface area contributed by atoms with E-state index in [4.69, 9.17) is 37.4 Å². The van der Waals surface area contributed by atoms with Gasteiger partial charge in [0.1, 0.15) is 11.8 Å². The van der Waals surface area contributed by atoms with E-state index in [-0.39, 0.29) is 11.9 Å². The number of anilines is 1. The molecule has 0 aliphatic carbocycles. The molecule has 3 aromatic rings. The molecule has 0 spiro atoms. The molecule has 0 N–H and O–H groups in total. The second-order valence-corrected chi connectivity index (χ2v) is 8.49. The van der Waals surface area contributed by atoms with Gasteiger partial charge >= 0.3 is 0 Å². The van der Waals surface area contributed by atoms with Gasteiger partial charge in [0.25, 0.3) is 5.91 Å². The molecule has 1 aliphatic rings. The van der Waals surface area contributed by atoms with Gasteiger partial charge < -0.3 is 14.2 Å². The van der Waals surface area contributed by atoms with Gasteiger partial charge in [0.2, 0.25) is 6.10 Å². The van der Waals surface area contributed by atoms with Gasteiger partial charge in [-0.25, -0.2) is 0 Å². The van der Waals surface area contributed by atoms with E-state index < -0.39 is 6.10 Å². The van der Waals surface area contributed by atoms with Crippen molar-refractivity contribution < 1.29 is 19.0 Å². The highest BCUT2D eigenvalue weighted by Crippen LogP contribution is 2.44. The number of rotatable bonds is 6. The van der Waals surface area contributed by atoms with Crippen LogP contribution in [0.15, 0.2) is 54.6 Å². The topological polar surface area (TPSA) is 48.0 Å². The average molecular weight is 472 g/mol. The first-order valence-corrected chi connectivity index (χ1v) is 10.8. The fraction of sp³-hybridized carbons (Fsp3) is 0.240. The summed E-state index contributed by atoms with van der Waals surface area (Å²) in [6, 6.07) is 16.1. The smallest absolute Gasteiger partial charge is 0.271 e. The maximum atomic E-state index is 13.3. The number of carbonyl (C=O) groups excluding carboxylic acids is 1. The lowest BCUT2D eigenvalue weighted by Gasteiger charge is -2.47. The van der Waals surface area contributed by atoms with Crippen molar-refractivity contribution in [1.82, 2.24) is 0 Å². The lowest BCUT2D eigenvalue weighted by atomic mass is 9.89. The monoisotopic (exact) mass is 471 g/mol. The lowest BCUT2D eigenvalue weighted by molar-refractivity contribution is -0.135. The number of hydrogen-bond acceptors (Lipinski definition) is 4. The molecule has 1 amide bonds. The molecule has 1 aliphatic heterocycles. The third-order valence-electron chi connectivity index (χ3n) is 5.62. The van der Waals surface area contributed by atoms with E-state index in [0.29, 0.717) is 33.0 Å². The predicted octanol–water partition coefficient (Wildman–Crippen LogP) is 6.16. The fourth-order valence-electron chi connectivity index (χ4n) is 3.84. The second kappa shape index (κ2) is 8.93. The van der Waals surface area contributed by atoms with Crippen LogP contribution in [-0.2, 0) is 4.79 Å². The summed E-state index contributed by atoms with van der Waals surface area (Å²) >= 11 is 12.4. The summed E-state index contributed by atoms with van der Waals surface area (Å²) in [7, 11) is 3.16. The summed E-state index contributed by atoms with van der Waals surface area (Å²) < 4.78 is 17.0. The number of β-lactam (4-membered cyclic amide) rings is 1. The molecule has 3 aromatic carbocycles. The summed E-state index contributed by atoms with van der Waals surface area (Å²) in [5, 5.41) is 1.21. The first-order valence-electron chi connectivity index (χ1n) is 10.1. The fourth-order valence-corrected chi connectivity index (χ4v) is 4.24. The molecular formula is C25H23Cl2NO4. The molecule has 0 aromatic heterocycles. The summed E-state index contributed by atoms with van der Waals surface area (Å²) in [6.45, 7) is 3.82. The molecule has 32 heavy (non-hydrogen) atoms. The van der Waals surface area contributed by atoms with Crippen LogP contribution in [0, 0.1) is 13.8 Å². The van der Waals surface area contributed by atoms with Crippen molar-refractivity contribution in [3.8, 4) is 17.2 Å². The zero-order valence-electron chi connectivity index (χ0n) is 18.2. The highest BCUT2D eigenvalue weighted by atomic mass is 35.5. The van der Waals surface area contributed by atoms with Crippen molar-refractivity contribution >= 4 is 34.8 Å². The highest BCUT2D eigenvalue weighted by molar-refractivity contribution is 6.31. The number of carbonyl (C=O) groups is 1. The van der Waals surface area contributed by atoms with Crippen molar-refractivity contribution in [2.24, 2.45) is 0 Å². The zero-order valence-corrected chi connectivity index (χ0v) is 19.7. The Hall–Kier alpha value is -2.89. The SMILES string of the molecule is COc1ccc([C@@H]2[C@H](Oc3ccc(Cl)cc3C)C(=O)N2c2ccc(C)c(Cl)c2)cc1OC. The van der Waals surface area contributed by atoms with Crippen LogP contribution in [0.4, 0.5) is 5.69 Å². The van der Waals surface area contributed by atoms with E-state index in [2.05, 4.69) is 0 Å². The van der Waals surface area contributed by atoms with Crippen molar-refractivity contribution in [1.29, 1.82) is 0 Å². The van der Waals surface area contributed by atoms with E-state index in [1.807, 2.05) is 50.2 Å². The Kier molecular flexibility index (Phi) is 6.22. The van der Waals surface area contributed by atoms with Gasteiger partial charge in [0.05, 0.1) is 14.2 Å². The number of ether oxygens (including phenoxy) is 3. The molecule has 2 atom stereocenters. The largest absolute Gasteiger partial charge is 0.493 e. The molecule has 1 fully saturated rings. The van der Waals surface area contributed by atoms with Crippen LogP contribution in [0.1, 0.15) is 22.7 Å². The van der Waals surface area contributed by atoms with Gasteiger partial charge in [-0.2, -0.15) is 0 Å². The number of amides is 1. The van der Waals surface area contributed by atoms with E-state index >= 15 is 0 Å². The van der Waals surface area contributed by atoms with Crippen molar-refractivity contribution in [3.05, 3.63) is 81.3 Å². The Bertz CT molecular complexity index is 1180. The number of halogens is 2. The minimum atomic E-state index is -0.715. The molecule has 5 nitrogen and oxygen atoms in total. The van der Waals surface area contributed by atoms with Gasteiger partial charge in [-0.1, -0.05) is 35.3 Å². The minimum Gasteiger partial charge on any atom is -0.493 e. The summed E-state index contributed by atoms with van der Waals surface area (Å²) in [5.74, 6) is 1.64. The van der Waals surface area contributed by atoms with Gasteiger partial charge in [-0.05, 0) is 73.0 Å². The number of aryl methyl sites for hydroxylation is 2.